The summed E-state index contributed by atoms with van der Waals surface area (Å²) < 4.78 is 45.7. The first-order valence-corrected chi connectivity index (χ1v) is 10.8. The highest BCUT2D eigenvalue weighted by Gasteiger charge is 2.31. The van der Waals surface area contributed by atoms with Gasteiger partial charge in [0.2, 0.25) is 16.0 Å². The molecule has 4 rings (SSSR count). The summed E-state index contributed by atoms with van der Waals surface area (Å²) in [4.78, 5) is 4.29. The van der Waals surface area contributed by atoms with Gasteiger partial charge in [-0.25, -0.2) is 17.5 Å². The van der Waals surface area contributed by atoms with Gasteiger partial charge in [-0.3, -0.25) is 4.72 Å². The number of benzene rings is 2. The third-order valence-electron chi connectivity index (χ3n) is 4.74. The van der Waals surface area contributed by atoms with E-state index in [4.69, 9.17) is 4.74 Å². The minimum Gasteiger partial charge on any atom is -0.497 e. The van der Waals surface area contributed by atoms with Crippen LogP contribution >= 0.6 is 0 Å². The molecular weight excluding hydrogens is 397 g/mol. The minimum atomic E-state index is -3.52. The second-order valence-electron chi connectivity index (χ2n) is 6.85. The highest BCUT2D eigenvalue weighted by Crippen LogP contribution is 2.38. The van der Waals surface area contributed by atoms with E-state index in [0.29, 0.717) is 12.4 Å². The molecule has 0 bridgehead atoms. The van der Waals surface area contributed by atoms with Crippen molar-refractivity contribution in [1.82, 2.24) is 14.8 Å². The molecule has 1 aliphatic rings. The van der Waals surface area contributed by atoms with Crippen LogP contribution in [0.3, 0.4) is 0 Å². The van der Waals surface area contributed by atoms with Crippen LogP contribution in [0.4, 0.5) is 16.3 Å². The smallest absolute Gasteiger partial charge is 0.257 e. The lowest BCUT2D eigenvalue weighted by Crippen LogP contribution is -2.28. The average Bonchev–Trinajstić information content (AvgIpc) is 3.08. The zero-order valence-corrected chi connectivity index (χ0v) is 16.6. The molecule has 0 fully saturated rings. The van der Waals surface area contributed by atoms with E-state index >= 15 is 0 Å². The molecule has 2 aromatic carbocycles. The predicted molar refractivity (Wildman–Crippen MR) is 107 cm³/mol. The van der Waals surface area contributed by atoms with Crippen molar-refractivity contribution in [2.75, 3.05) is 23.4 Å². The lowest BCUT2D eigenvalue weighted by molar-refractivity contribution is 0.413. The summed E-state index contributed by atoms with van der Waals surface area (Å²) >= 11 is 0. The van der Waals surface area contributed by atoms with Crippen molar-refractivity contribution in [1.29, 1.82) is 0 Å². The number of hydrogen-bond acceptors (Lipinski definition) is 6. The van der Waals surface area contributed by atoms with Gasteiger partial charge in [0.1, 0.15) is 11.6 Å². The summed E-state index contributed by atoms with van der Waals surface area (Å²) in [6, 6.07) is 13.5. The molecule has 152 valence electrons. The Morgan fingerprint density at radius 2 is 1.79 bits per heavy atom. The first-order chi connectivity index (χ1) is 13.8. The molecule has 0 saturated carbocycles. The van der Waals surface area contributed by atoms with Crippen LogP contribution in [0.25, 0.3) is 0 Å². The summed E-state index contributed by atoms with van der Waals surface area (Å²) in [5, 5.41) is 7.62. The molecule has 0 aliphatic carbocycles. The maximum absolute atomic E-state index is 13.4. The number of sulfonamides is 1. The first-order valence-electron chi connectivity index (χ1n) is 8.92. The largest absolute Gasteiger partial charge is 0.497 e. The summed E-state index contributed by atoms with van der Waals surface area (Å²) in [5.41, 5.74) is 1.87. The summed E-state index contributed by atoms with van der Waals surface area (Å²) in [5.74, 6) is 0.838. The first kappa shape index (κ1) is 19.2. The van der Waals surface area contributed by atoms with Gasteiger partial charge in [0.05, 0.1) is 25.4 Å². The molecule has 10 heteroatoms. The van der Waals surface area contributed by atoms with Crippen molar-refractivity contribution in [2.24, 2.45) is 0 Å². The number of methoxy groups -OCH3 is 1. The molecule has 2 N–H and O–H groups in total. The van der Waals surface area contributed by atoms with Gasteiger partial charge in [0.15, 0.2) is 0 Å². The van der Waals surface area contributed by atoms with Gasteiger partial charge in [-0.05, 0) is 41.8 Å². The lowest BCUT2D eigenvalue weighted by atomic mass is 9.93. The molecule has 1 aliphatic heterocycles. The van der Waals surface area contributed by atoms with Crippen LogP contribution in [-0.2, 0) is 10.0 Å². The minimum absolute atomic E-state index is 0.0162. The monoisotopic (exact) mass is 417 g/mol. The number of aromatic nitrogens is 3. The van der Waals surface area contributed by atoms with Crippen LogP contribution < -0.4 is 14.8 Å². The Balaban J connectivity index is 1.73. The highest BCUT2D eigenvalue weighted by atomic mass is 32.2. The fraction of sp³-hybridized carbons (Fsp3) is 0.263. The number of ether oxygens (including phenoxy) is 1. The normalized spacial score (nSPS) is 18.6. The van der Waals surface area contributed by atoms with Gasteiger partial charge in [0.25, 0.3) is 5.95 Å². The van der Waals surface area contributed by atoms with Crippen LogP contribution in [0.1, 0.15) is 29.6 Å². The topological polar surface area (TPSA) is 98.1 Å². The van der Waals surface area contributed by atoms with Gasteiger partial charge >= 0.3 is 0 Å². The summed E-state index contributed by atoms with van der Waals surface area (Å²) in [6.45, 7) is 0. The second-order valence-corrected chi connectivity index (χ2v) is 8.60. The highest BCUT2D eigenvalue weighted by molar-refractivity contribution is 7.91. The van der Waals surface area contributed by atoms with E-state index in [1.165, 1.54) is 12.1 Å². The number of nitrogens with one attached hydrogen (secondary N) is 2. The standard InChI is InChI=1S/C19H20FN5O3S/c1-28-15-9-5-12(6-10-15)16-11-17(13-3-7-14(20)8-4-13)25-19(21-16)22-18(23-25)24-29(2,26)27/h3-10,16-17H,11H2,1-2H3,(H2,21,22,23,24)/t16-,17-/m0/s1. The number of hydrogen-bond donors (Lipinski definition) is 2. The fourth-order valence-electron chi connectivity index (χ4n) is 3.40. The molecule has 1 aromatic heterocycles. The van der Waals surface area contributed by atoms with E-state index in [1.54, 1.807) is 23.9 Å². The van der Waals surface area contributed by atoms with E-state index in [1.807, 2.05) is 24.3 Å². The van der Waals surface area contributed by atoms with Gasteiger partial charge in [-0.1, -0.05) is 24.3 Å². The van der Waals surface area contributed by atoms with Crippen molar-refractivity contribution < 1.29 is 17.5 Å². The van der Waals surface area contributed by atoms with Gasteiger partial charge in [0, 0.05) is 0 Å². The third kappa shape index (κ3) is 4.16. The van der Waals surface area contributed by atoms with Crippen LogP contribution in [0.2, 0.25) is 0 Å². The van der Waals surface area contributed by atoms with E-state index in [9.17, 15) is 12.8 Å². The fourth-order valence-corrected chi connectivity index (χ4v) is 3.82. The molecule has 0 spiro atoms. The molecule has 0 unspecified atom stereocenters. The molecular formula is C19H20FN5O3S. The van der Waals surface area contributed by atoms with Gasteiger partial charge < -0.3 is 10.1 Å². The van der Waals surface area contributed by atoms with Crippen molar-refractivity contribution in [3.63, 3.8) is 0 Å². The Morgan fingerprint density at radius 3 is 2.41 bits per heavy atom. The maximum atomic E-state index is 13.4. The lowest BCUT2D eigenvalue weighted by Gasteiger charge is -2.31. The van der Waals surface area contributed by atoms with Crippen molar-refractivity contribution in [2.45, 2.75) is 18.5 Å². The molecule has 29 heavy (non-hydrogen) atoms. The van der Waals surface area contributed by atoms with Crippen LogP contribution in [-0.4, -0.2) is 36.5 Å². The quantitative estimate of drug-likeness (QED) is 0.662. The number of nitrogens with zero attached hydrogens (tertiary/aromatic N) is 3. The Hall–Kier alpha value is -3.14. The molecule has 8 nitrogen and oxygen atoms in total. The number of anilines is 2. The molecule has 2 atom stereocenters. The third-order valence-corrected chi connectivity index (χ3v) is 5.29. The average molecular weight is 417 g/mol. The molecule has 3 aromatic rings. The summed E-state index contributed by atoms with van der Waals surface area (Å²) in [7, 11) is -1.91. The van der Waals surface area contributed by atoms with Gasteiger partial charge in [-0.2, -0.15) is 4.98 Å². The Kier molecular flexibility index (Phi) is 4.87. The molecule has 0 saturated heterocycles. The Morgan fingerprint density at radius 1 is 1.14 bits per heavy atom. The molecule has 2 heterocycles. The van der Waals surface area contributed by atoms with E-state index in [0.717, 1.165) is 23.1 Å². The SMILES string of the molecule is COc1ccc([C@@H]2C[C@@H](c3ccc(F)cc3)n3nc(NS(C)(=O)=O)nc3N2)cc1. The zero-order chi connectivity index (χ0) is 20.6. The predicted octanol–water partition coefficient (Wildman–Crippen LogP) is 2.94. The van der Waals surface area contributed by atoms with E-state index in [2.05, 4.69) is 20.1 Å². The Labute approximate surface area is 167 Å². The maximum Gasteiger partial charge on any atom is 0.257 e. The van der Waals surface area contributed by atoms with Crippen LogP contribution in [0.15, 0.2) is 48.5 Å². The van der Waals surface area contributed by atoms with E-state index in [-0.39, 0.29) is 23.8 Å². The second kappa shape index (κ2) is 7.36. The number of fused-ring (bicyclic) bond motifs is 1. The van der Waals surface area contributed by atoms with Gasteiger partial charge in [-0.15, -0.1) is 5.10 Å². The van der Waals surface area contributed by atoms with E-state index < -0.39 is 10.0 Å². The zero-order valence-electron chi connectivity index (χ0n) is 15.8. The number of halogens is 1. The summed E-state index contributed by atoms with van der Waals surface area (Å²) in [6.07, 6.45) is 1.66. The van der Waals surface area contributed by atoms with Crippen molar-refractivity contribution in [3.8, 4) is 5.75 Å². The van der Waals surface area contributed by atoms with Crippen LogP contribution in [0, 0.1) is 5.82 Å². The van der Waals surface area contributed by atoms with Crippen molar-refractivity contribution >= 4 is 21.9 Å². The Bertz CT molecular complexity index is 1110. The molecule has 0 amide bonds. The number of rotatable bonds is 5. The van der Waals surface area contributed by atoms with Crippen molar-refractivity contribution in [3.05, 3.63) is 65.5 Å². The molecule has 0 radical (unpaired) electrons. The van der Waals surface area contributed by atoms with Crippen LogP contribution in [0.5, 0.6) is 5.75 Å².